The summed E-state index contributed by atoms with van der Waals surface area (Å²) in [5, 5.41) is 9.18. The third kappa shape index (κ3) is 7.69. The van der Waals surface area contributed by atoms with Crippen LogP contribution in [0.25, 0.3) is 5.52 Å². The number of morpholine rings is 1. The van der Waals surface area contributed by atoms with Crippen LogP contribution in [0, 0.1) is 18.6 Å². The predicted molar refractivity (Wildman–Crippen MR) is 152 cm³/mol. The van der Waals surface area contributed by atoms with E-state index >= 15 is 0 Å². The topological polar surface area (TPSA) is 119 Å². The number of halogens is 3. The first kappa shape index (κ1) is 30.6. The molecule has 2 N–H and O–H groups in total. The lowest BCUT2D eigenvalue weighted by molar-refractivity contribution is -0.123. The van der Waals surface area contributed by atoms with Gasteiger partial charge >= 0.3 is 0 Å². The number of carbonyl (C=O) groups is 2. The number of hydrogen-bond acceptors (Lipinski definition) is 8. The smallest absolute Gasteiger partial charge is 0.247 e. The van der Waals surface area contributed by atoms with Gasteiger partial charge in [-0.25, -0.2) is 13.3 Å². The number of amides is 2. The van der Waals surface area contributed by atoms with Crippen molar-refractivity contribution in [3.05, 3.63) is 72.2 Å². The van der Waals surface area contributed by atoms with Crippen LogP contribution in [0.5, 0.6) is 17.4 Å². The molecule has 4 aromatic rings. The van der Waals surface area contributed by atoms with Crippen molar-refractivity contribution >= 4 is 41.1 Å². The van der Waals surface area contributed by atoms with E-state index in [9.17, 15) is 18.4 Å². The maximum absolute atomic E-state index is 14.9. The predicted octanol–water partition coefficient (Wildman–Crippen LogP) is 4.21. The van der Waals surface area contributed by atoms with Gasteiger partial charge in [0.25, 0.3) is 0 Å². The minimum absolute atomic E-state index is 0. The van der Waals surface area contributed by atoms with Crippen LogP contribution < -0.4 is 20.1 Å². The summed E-state index contributed by atoms with van der Waals surface area (Å²) in [5.74, 6) is -1.82. The third-order valence-electron chi connectivity index (χ3n) is 6.39. The number of rotatable bonds is 10. The fourth-order valence-electron chi connectivity index (χ4n) is 4.29. The van der Waals surface area contributed by atoms with Crippen molar-refractivity contribution in [3.63, 3.8) is 0 Å². The van der Waals surface area contributed by atoms with Gasteiger partial charge in [0.15, 0.2) is 11.6 Å². The van der Waals surface area contributed by atoms with Crippen LogP contribution in [0.3, 0.4) is 0 Å². The molecule has 0 aliphatic carbocycles. The average Bonchev–Trinajstić information content (AvgIpc) is 3.28. The number of nitrogens with zero attached hydrogens (tertiary/aromatic N) is 4. The summed E-state index contributed by atoms with van der Waals surface area (Å²) < 4.78 is 46.7. The molecular weight excluding hydrogens is 574 g/mol. The fourth-order valence-corrected chi connectivity index (χ4v) is 4.29. The molecule has 11 nitrogen and oxygen atoms in total. The summed E-state index contributed by atoms with van der Waals surface area (Å²) in [7, 11) is 0. The number of anilines is 2. The Morgan fingerprint density at radius 2 is 1.69 bits per heavy atom. The highest BCUT2D eigenvalue weighted by Gasteiger charge is 2.18. The molecule has 2 amide bonds. The Hall–Kier alpha value is -4.33. The fraction of sp³-hybridized carbons (Fsp3) is 0.286. The van der Waals surface area contributed by atoms with Crippen LogP contribution in [0.1, 0.15) is 12.0 Å². The molecule has 5 rings (SSSR count). The van der Waals surface area contributed by atoms with E-state index in [1.54, 1.807) is 10.7 Å². The first-order chi connectivity index (χ1) is 19.9. The molecule has 1 aliphatic heterocycles. The molecule has 0 radical (unpaired) electrons. The first-order valence-electron chi connectivity index (χ1n) is 12.9. The van der Waals surface area contributed by atoms with Gasteiger partial charge < -0.3 is 24.8 Å². The van der Waals surface area contributed by atoms with Crippen LogP contribution >= 0.6 is 12.4 Å². The number of ether oxygens (including phenoxy) is 3. The molecule has 222 valence electrons. The molecule has 14 heteroatoms. The minimum Gasteiger partial charge on any atom is -0.490 e. The molecule has 2 aromatic carbocycles. The van der Waals surface area contributed by atoms with Crippen molar-refractivity contribution in [2.24, 2.45) is 0 Å². The zero-order valence-corrected chi connectivity index (χ0v) is 23.5. The van der Waals surface area contributed by atoms with Crippen LogP contribution in [0.15, 0.2) is 55.0 Å². The Kier molecular flexibility index (Phi) is 10.2. The summed E-state index contributed by atoms with van der Waals surface area (Å²) in [4.78, 5) is 30.8. The first-order valence-corrected chi connectivity index (χ1v) is 12.9. The molecule has 3 heterocycles. The van der Waals surface area contributed by atoms with Gasteiger partial charge in [0.1, 0.15) is 36.4 Å². The number of hydrogen-bond donors (Lipinski definition) is 2. The van der Waals surface area contributed by atoms with Crippen LogP contribution in [-0.2, 0) is 14.3 Å². The second-order valence-corrected chi connectivity index (χ2v) is 9.31. The number of benzene rings is 2. The van der Waals surface area contributed by atoms with E-state index < -0.39 is 29.9 Å². The summed E-state index contributed by atoms with van der Waals surface area (Å²) in [5.41, 5.74) is 1.75. The van der Waals surface area contributed by atoms with Crippen molar-refractivity contribution in [3.8, 4) is 17.4 Å². The lowest BCUT2D eigenvalue weighted by Crippen LogP contribution is -2.38. The SMILES string of the molecule is Cc1c(OCCN2CCOCC2)cn2ncnc(Oc3ccc(NC(=O)CC(=O)Nc4ccc(F)cc4)cc3F)c12.Cl. The number of aryl methyl sites for hydroxylation is 1. The van der Waals surface area contributed by atoms with Crippen molar-refractivity contribution in [2.45, 2.75) is 13.3 Å². The van der Waals surface area contributed by atoms with E-state index in [0.717, 1.165) is 31.3 Å². The highest BCUT2D eigenvalue weighted by molar-refractivity contribution is 6.08. The Balaban J connectivity index is 0.00000405. The van der Waals surface area contributed by atoms with Crippen molar-refractivity contribution < 1.29 is 32.6 Å². The van der Waals surface area contributed by atoms with Crippen LogP contribution in [0.4, 0.5) is 20.2 Å². The van der Waals surface area contributed by atoms with Gasteiger partial charge in [-0.1, -0.05) is 0 Å². The van der Waals surface area contributed by atoms with Gasteiger partial charge in [-0.05, 0) is 43.3 Å². The molecule has 1 fully saturated rings. The second-order valence-electron chi connectivity index (χ2n) is 9.31. The summed E-state index contributed by atoms with van der Waals surface area (Å²) >= 11 is 0. The maximum Gasteiger partial charge on any atom is 0.247 e. The number of fused-ring (bicyclic) bond motifs is 1. The van der Waals surface area contributed by atoms with Crippen molar-refractivity contribution in [2.75, 3.05) is 50.1 Å². The van der Waals surface area contributed by atoms with E-state index in [1.807, 2.05) is 6.92 Å². The quantitative estimate of drug-likeness (QED) is 0.259. The average molecular weight is 603 g/mol. The van der Waals surface area contributed by atoms with Gasteiger partial charge in [-0.3, -0.25) is 14.5 Å². The van der Waals surface area contributed by atoms with Crippen molar-refractivity contribution in [1.82, 2.24) is 19.5 Å². The Bertz CT molecular complexity index is 1550. The van der Waals surface area contributed by atoms with E-state index in [0.29, 0.717) is 36.8 Å². The molecular formula is C28H29ClF2N6O5. The van der Waals surface area contributed by atoms with E-state index in [2.05, 4.69) is 25.6 Å². The standard InChI is InChI=1S/C28H28F2N6O5.ClH/c1-18-24(40-13-10-35-8-11-39-12-9-35)16-36-27(18)28(31-17-32-36)41-23-7-6-21(14-22(23)30)34-26(38)15-25(37)33-20-4-2-19(29)3-5-20;/h2-7,14,16-17H,8-13,15H2,1H3,(H,33,37)(H,34,38);1H. The molecule has 1 saturated heterocycles. The van der Waals surface area contributed by atoms with Gasteiger partial charge in [0.05, 0.1) is 19.4 Å². The Morgan fingerprint density at radius 3 is 2.40 bits per heavy atom. The number of aromatic nitrogens is 3. The Morgan fingerprint density at radius 1 is 1.00 bits per heavy atom. The highest BCUT2D eigenvalue weighted by Crippen LogP contribution is 2.33. The minimum atomic E-state index is -0.749. The van der Waals surface area contributed by atoms with Gasteiger partial charge in [-0.2, -0.15) is 10.1 Å². The lowest BCUT2D eigenvalue weighted by atomic mass is 10.2. The summed E-state index contributed by atoms with van der Waals surface area (Å²) in [6.45, 7) is 6.25. The number of carbonyl (C=O) groups excluding carboxylic acids is 2. The molecule has 2 aromatic heterocycles. The van der Waals surface area contributed by atoms with E-state index in [-0.39, 0.29) is 29.7 Å². The lowest BCUT2D eigenvalue weighted by Gasteiger charge is -2.26. The second kappa shape index (κ2) is 14.0. The van der Waals surface area contributed by atoms with Gasteiger partial charge in [0.2, 0.25) is 17.7 Å². The molecule has 1 aliphatic rings. The number of nitrogens with one attached hydrogen (secondary N) is 2. The largest absolute Gasteiger partial charge is 0.490 e. The van der Waals surface area contributed by atoms with Crippen LogP contribution in [-0.4, -0.2) is 70.8 Å². The molecule has 42 heavy (non-hydrogen) atoms. The maximum atomic E-state index is 14.9. The van der Waals surface area contributed by atoms with E-state index in [1.165, 1.54) is 42.7 Å². The normalized spacial score (nSPS) is 13.3. The monoisotopic (exact) mass is 602 g/mol. The summed E-state index contributed by atoms with van der Waals surface area (Å²) in [6.07, 6.45) is 2.50. The highest BCUT2D eigenvalue weighted by atomic mass is 35.5. The summed E-state index contributed by atoms with van der Waals surface area (Å²) in [6, 6.07) is 8.99. The van der Waals surface area contributed by atoms with Crippen molar-refractivity contribution in [1.29, 1.82) is 0 Å². The zero-order valence-electron chi connectivity index (χ0n) is 22.6. The molecule has 0 atom stereocenters. The van der Waals surface area contributed by atoms with E-state index in [4.69, 9.17) is 14.2 Å². The van der Waals surface area contributed by atoms with Gasteiger partial charge in [-0.15, -0.1) is 12.4 Å². The third-order valence-corrected chi connectivity index (χ3v) is 6.39. The molecule has 0 bridgehead atoms. The van der Waals surface area contributed by atoms with Gasteiger partial charge in [0, 0.05) is 42.6 Å². The molecule has 0 spiro atoms. The van der Waals surface area contributed by atoms with Crippen LogP contribution in [0.2, 0.25) is 0 Å². The molecule has 0 saturated carbocycles. The Labute approximate surface area is 246 Å². The zero-order chi connectivity index (χ0) is 28.8. The molecule has 0 unspecified atom stereocenters.